The molecule has 3 aromatic rings. The Morgan fingerprint density at radius 2 is 1.48 bits per heavy atom. The van der Waals surface area contributed by atoms with E-state index in [0.29, 0.717) is 29.0 Å². The lowest BCUT2D eigenvalue weighted by Crippen LogP contribution is -2.31. The highest BCUT2D eigenvalue weighted by atomic mass is 16.5. The number of hydrogen-bond donors (Lipinski definition) is 0. The van der Waals surface area contributed by atoms with Crippen LogP contribution in [0.15, 0.2) is 60.7 Å². The van der Waals surface area contributed by atoms with Crippen LogP contribution in [-0.2, 0) is 16.1 Å². The van der Waals surface area contributed by atoms with Gasteiger partial charge in [0.25, 0.3) is 5.91 Å². The first-order valence-corrected chi connectivity index (χ1v) is 9.14. The van der Waals surface area contributed by atoms with Gasteiger partial charge in [0.1, 0.15) is 11.5 Å². The van der Waals surface area contributed by atoms with E-state index in [-0.39, 0.29) is 12.5 Å². The maximum Gasteiger partial charge on any atom is 0.339 e. The Morgan fingerprint density at radius 3 is 2.21 bits per heavy atom. The lowest BCUT2D eigenvalue weighted by molar-refractivity contribution is -0.133. The number of methoxy groups -OCH3 is 2. The van der Waals surface area contributed by atoms with E-state index in [9.17, 15) is 9.59 Å². The molecule has 0 unspecified atom stereocenters. The van der Waals surface area contributed by atoms with Crippen molar-refractivity contribution in [3.05, 3.63) is 71.8 Å². The molecule has 6 heteroatoms. The van der Waals surface area contributed by atoms with Gasteiger partial charge in [0.05, 0.1) is 19.8 Å². The zero-order chi connectivity index (χ0) is 20.8. The molecule has 29 heavy (non-hydrogen) atoms. The van der Waals surface area contributed by atoms with Gasteiger partial charge in [-0.15, -0.1) is 0 Å². The van der Waals surface area contributed by atoms with Gasteiger partial charge in [-0.2, -0.15) is 0 Å². The van der Waals surface area contributed by atoms with Crippen molar-refractivity contribution in [3.8, 4) is 11.5 Å². The van der Waals surface area contributed by atoms with Crippen molar-refractivity contribution in [1.29, 1.82) is 0 Å². The summed E-state index contributed by atoms with van der Waals surface area (Å²) in [4.78, 5) is 26.5. The Hall–Kier alpha value is -3.54. The quantitative estimate of drug-likeness (QED) is 0.573. The number of nitrogens with zero attached hydrogens (tertiary/aromatic N) is 1. The van der Waals surface area contributed by atoms with E-state index in [2.05, 4.69) is 0 Å². The van der Waals surface area contributed by atoms with E-state index >= 15 is 0 Å². The number of hydrogen-bond acceptors (Lipinski definition) is 5. The number of para-hydroxylation sites is 1. The summed E-state index contributed by atoms with van der Waals surface area (Å²) < 4.78 is 15.9. The number of esters is 1. The van der Waals surface area contributed by atoms with E-state index < -0.39 is 5.97 Å². The fraction of sp³-hybridized carbons (Fsp3) is 0.217. The van der Waals surface area contributed by atoms with Gasteiger partial charge in [-0.25, -0.2) is 4.79 Å². The number of benzene rings is 3. The minimum absolute atomic E-state index is 0.304. The largest absolute Gasteiger partial charge is 0.496 e. The van der Waals surface area contributed by atoms with Gasteiger partial charge < -0.3 is 19.1 Å². The summed E-state index contributed by atoms with van der Waals surface area (Å²) in [7, 11) is 4.82. The first-order valence-electron chi connectivity index (χ1n) is 9.14. The van der Waals surface area contributed by atoms with Crippen molar-refractivity contribution >= 4 is 22.6 Å². The van der Waals surface area contributed by atoms with Crippen molar-refractivity contribution < 1.29 is 23.8 Å². The van der Waals surface area contributed by atoms with E-state index in [1.54, 1.807) is 33.4 Å². The number of rotatable bonds is 7. The summed E-state index contributed by atoms with van der Waals surface area (Å²) in [5.74, 6) is 0.517. The Morgan fingerprint density at radius 1 is 0.828 bits per heavy atom. The molecule has 0 aliphatic heterocycles. The fourth-order valence-corrected chi connectivity index (χ4v) is 3.12. The van der Waals surface area contributed by atoms with Crippen LogP contribution in [0, 0.1) is 0 Å². The number of likely N-dealkylation sites (N-methyl/N-ethyl adjacent to an activating group) is 1. The molecule has 0 saturated heterocycles. The van der Waals surface area contributed by atoms with Crippen LogP contribution in [0.5, 0.6) is 11.5 Å². The molecule has 0 bridgehead atoms. The second kappa shape index (κ2) is 9.10. The van der Waals surface area contributed by atoms with Crippen molar-refractivity contribution in [2.45, 2.75) is 6.54 Å². The van der Waals surface area contributed by atoms with E-state index in [1.807, 2.05) is 48.5 Å². The first-order chi connectivity index (χ1) is 14.0. The molecule has 6 nitrogen and oxygen atoms in total. The summed E-state index contributed by atoms with van der Waals surface area (Å²) in [5.41, 5.74) is 1.26. The molecule has 1 amide bonds. The zero-order valence-corrected chi connectivity index (χ0v) is 16.7. The second-order valence-electron chi connectivity index (χ2n) is 6.50. The summed E-state index contributed by atoms with van der Waals surface area (Å²) >= 11 is 0. The van der Waals surface area contributed by atoms with Gasteiger partial charge in [-0.05, 0) is 23.6 Å². The molecule has 0 spiro atoms. The van der Waals surface area contributed by atoms with Crippen LogP contribution in [-0.4, -0.2) is 44.7 Å². The predicted molar refractivity (Wildman–Crippen MR) is 110 cm³/mol. The van der Waals surface area contributed by atoms with Crippen LogP contribution >= 0.6 is 0 Å². The molecule has 3 rings (SSSR count). The van der Waals surface area contributed by atoms with Crippen molar-refractivity contribution in [1.82, 2.24) is 4.90 Å². The van der Waals surface area contributed by atoms with E-state index in [4.69, 9.17) is 14.2 Å². The minimum atomic E-state index is -0.553. The number of ether oxygens (including phenoxy) is 3. The lowest BCUT2D eigenvalue weighted by atomic mass is 10.0. The Balaban J connectivity index is 1.67. The molecule has 0 aromatic heterocycles. The molecule has 0 aliphatic rings. The van der Waals surface area contributed by atoms with Gasteiger partial charge >= 0.3 is 5.97 Å². The zero-order valence-electron chi connectivity index (χ0n) is 16.7. The highest BCUT2D eigenvalue weighted by Crippen LogP contribution is 2.28. The van der Waals surface area contributed by atoms with Gasteiger partial charge in [-0.1, -0.05) is 42.5 Å². The molecule has 150 valence electrons. The maximum atomic E-state index is 12.6. The molecule has 0 radical (unpaired) electrons. The molecule has 3 aromatic carbocycles. The molecule has 0 atom stereocenters. The van der Waals surface area contributed by atoms with Gasteiger partial charge in [0, 0.05) is 24.5 Å². The van der Waals surface area contributed by atoms with Crippen LogP contribution in [0.25, 0.3) is 10.8 Å². The fourth-order valence-electron chi connectivity index (χ4n) is 3.12. The van der Waals surface area contributed by atoms with Gasteiger partial charge in [0.2, 0.25) is 0 Å². The average molecular weight is 393 g/mol. The van der Waals surface area contributed by atoms with Crippen LogP contribution in [0.2, 0.25) is 0 Å². The summed E-state index contributed by atoms with van der Waals surface area (Å²) in [6.45, 7) is 0.0106. The number of fused-ring (bicyclic) bond motifs is 1. The summed E-state index contributed by atoms with van der Waals surface area (Å²) in [6.07, 6.45) is 0. The third kappa shape index (κ3) is 4.48. The molecular formula is C23H23NO5. The Bertz CT molecular complexity index is 1030. The van der Waals surface area contributed by atoms with Crippen LogP contribution in [0.4, 0.5) is 0 Å². The summed E-state index contributed by atoms with van der Waals surface area (Å²) in [6, 6.07) is 18.2. The molecule has 0 N–H and O–H groups in total. The molecule has 0 saturated carbocycles. The van der Waals surface area contributed by atoms with Crippen molar-refractivity contribution in [3.63, 3.8) is 0 Å². The van der Waals surface area contributed by atoms with E-state index in [0.717, 1.165) is 10.9 Å². The van der Waals surface area contributed by atoms with E-state index in [1.165, 1.54) is 4.90 Å². The monoisotopic (exact) mass is 393 g/mol. The predicted octanol–water partition coefficient (Wildman–Crippen LogP) is 3.67. The standard InChI is InChI=1S/C23H23NO5/c1-24(14-16-8-4-7-11-20(16)27-2)22(25)15-29-23(26)19-12-13-21(28-3)18-10-6-5-9-17(18)19/h4-13H,14-15H2,1-3H3. The summed E-state index contributed by atoms with van der Waals surface area (Å²) in [5, 5.41) is 1.52. The highest BCUT2D eigenvalue weighted by molar-refractivity contribution is 6.06. The van der Waals surface area contributed by atoms with Crippen LogP contribution in [0.1, 0.15) is 15.9 Å². The number of amides is 1. The first kappa shape index (κ1) is 20.2. The molecule has 0 heterocycles. The number of carbonyl (C=O) groups is 2. The second-order valence-corrected chi connectivity index (χ2v) is 6.50. The highest BCUT2D eigenvalue weighted by Gasteiger charge is 2.17. The molecule has 0 aliphatic carbocycles. The Labute approximate surface area is 169 Å². The normalized spacial score (nSPS) is 10.4. The molecule has 0 fully saturated rings. The number of carbonyl (C=O) groups excluding carboxylic acids is 2. The van der Waals surface area contributed by atoms with Crippen molar-refractivity contribution in [2.75, 3.05) is 27.9 Å². The van der Waals surface area contributed by atoms with Crippen LogP contribution in [0.3, 0.4) is 0 Å². The Kier molecular flexibility index (Phi) is 6.34. The van der Waals surface area contributed by atoms with Gasteiger partial charge in [-0.3, -0.25) is 4.79 Å². The van der Waals surface area contributed by atoms with Gasteiger partial charge in [0.15, 0.2) is 6.61 Å². The van der Waals surface area contributed by atoms with Crippen LogP contribution < -0.4 is 9.47 Å². The van der Waals surface area contributed by atoms with Crippen molar-refractivity contribution in [2.24, 2.45) is 0 Å². The topological polar surface area (TPSA) is 65.1 Å². The lowest BCUT2D eigenvalue weighted by Gasteiger charge is -2.19. The third-order valence-corrected chi connectivity index (χ3v) is 4.68. The maximum absolute atomic E-state index is 12.6. The third-order valence-electron chi connectivity index (χ3n) is 4.68. The SMILES string of the molecule is COc1ccccc1CN(C)C(=O)COC(=O)c1ccc(OC)c2ccccc12. The average Bonchev–Trinajstić information content (AvgIpc) is 2.76. The molecular weight excluding hydrogens is 370 g/mol. The minimum Gasteiger partial charge on any atom is -0.496 e. The smallest absolute Gasteiger partial charge is 0.339 e.